The molecule has 3 rings (SSSR count). The van der Waals surface area contributed by atoms with Crippen LogP contribution in [0.15, 0.2) is 28.9 Å². The van der Waals surface area contributed by atoms with Crippen molar-refractivity contribution < 1.29 is 27.5 Å². The Morgan fingerprint density at radius 1 is 1.27 bits per heavy atom. The van der Waals surface area contributed by atoms with Gasteiger partial charge in [-0.1, -0.05) is 0 Å². The highest BCUT2D eigenvalue weighted by Crippen LogP contribution is 2.31. The summed E-state index contributed by atoms with van der Waals surface area (Å²) in [5, 5.41) is 2.73. The van der Waals surface area contributed by atoms with Crippen LogP contribution < -0.4 is 10.1 Å². The van der Waals surface area contributed by atoms with Gasteiger partial charge < -0.3 is 10.1 Å². The van der Waals surface area contributed by atoms with Crippen molar-refractivity contribution >= 4 is 27.6 Å². The second kappa shape index (κ2) is 9.11. The molecule has 2 heterocycles. The van der Waals surface area contributed by atoms with Gasteiger partial charge in [-0.15, -0.1) is 0 Å². The summed E-state index contributed by atoms with van der Waals surface area (Å²) in [4.78, 5) is 32.7. The molecule has 0 saturated heterocycles. The smallest absolute Gasteiger partial charge is 0.422 e. The van der Waals surface area contributed by atoms with E-state index in [1.165, 1.54) is 12.3 Å². The Balaban J connectivity index is 1.60. The molecule has 1 amide bonds. The second-order valence-corrected chi connectivity index (χ2v) is 7.98. The minimum Gasteiger partial charge on any atom is -0.467 e. The van der Waals surface area contributed by atoms with Gasteiger partial charge in [-0.25, -0.2) is 4.98 Å². The van der Waals surface area contributed by atoms with Crippen LogP contribution in [0.4, 0.5) is 13.2 Å². The van der Waals surface area contributed by atoms with Crippen LogP contribution in [0.1, 0.15) is 40.2 Å². The Kier molecular flexibility index (Phi) is 6.74. The third-order valence-corrected chi connectivity index (χ3v) is 4.91. The van der Waals surface area contributed by atoms with Crippen LogP contribution in [0.25, 0.3) is 0 Å². The average Bonchev–Trinajstić information content (AvgIpc) is 3.49. The number of nitrogens with zero attached hydrogens (tertiary/aromatic N) is 2. The van der Waals surface area contributed by atoms with E-state index in [0.717, 1.165) is 12.8 Å². The number of rotatable bonds is 8. The van der Waals surface area contributed by atoms with E-state index in [1.807, 2.05) is 0 Å². The largest absolute Gasteiger partial charge is 0.467 e. The summed E-state index contributed by atoms with van der Waals surface area (Å²) in [6.07, 6.45) is -1.08. The molecule has 1 aliphatic carbocycles. The number of hydrogen-bond acceptors (Lipinski definition) is 5. The number of amides is 1. The second-order valence-electron chi connectivity index (χ2n) is 7.12. The number of pyridine rings is 2. The van der Waals surface area contributed by atoms with E-state index >= 15 is 0 Å². The van der Waals surface area contributed by atoms with Crippen molar-refractivity contribution in [1.29, 1.82) is 0 Å². The average molecular weight is 486 g/mol. The molecule has 2 aromatic heterocycles. The first-order chi connectivity index (χ1) is 14.1. The maximum atomic E-state index is 12.5. The van der Waals surface area contributed by atoms with Gasteiger partial charge in [-0.2, -0.15) is 13.2 Å². The fourth-order valence-corrected chi connectivity index (χ4v) is 3.30. The van der Waals surface area contributed by atoms with Gasteiger partial charge in [-0.05, 0) is 59.5 Å². The predicted octanol–water partition coefficient (Wildman–Crippen LogP) is 3.94. The van der Waals surface area contributed by atoms with E-state index < -0.39 is 12.8 Å². The lowest BCUT2D eigenvalue weighted by atomic mass is 10.1. The number of Topliss-reactive ketones (excluding diaryl/α,β-unsaturated/α-hetero) is 1. The fraction of sp³-hybridized carbons (Fsp3) is 0.400. The zero-order valence-corrected chi connectivity index (χ0v) is 17.6. The lowest BCUT2D eigenvalue weighted by Gasteiger charge is -2.11. The monoisotopic (exact) mass is 485 g/mol. The lowest BCUT2D eigenvalue weighted by molar-refractivity contribution is -0.154. The molecule has 1 saturated carbocycles. The zero-order chi connectivity index (χ0) is 21.9. The van der Waals surface area contributed by atoms with Gasteiger partial charge in [-0.3, -0.25) is 14.6 Å². The van der Waals surface area contributed by atoms with E-state index in [4.69, 9.17) is 0 Å². The molecule has 30 heavy (non-hydrogen) atoms. The lowest BCUT2D eigenvalue weighted by Crippen LogP contribution is -2.24. The number of hydrogen-bond donors (Lipinski definition) is 1. The number of ether oxygens (including phenoxy) is 1. The summed E-state index contributed by atoms with van der Waals surface area (Å²) in [6, 6.07) is 4.75. The predicted molar refractivity (Wildman–Crippen MR) is 105 cm³/mol. The number of aryl methyl sites for hydroxylation is 1. The Morgan fingerprint density at radius 2 is 2.00 bits per heavy atom. The normalized spacial score (nSPS) is 13.8. The van der Waals surface area contributed by atoms with Crippen LogP contribution in [-0.2, 0) is 17.8 Å². The molecular formula is C20H19BrF3N3O3. The molecular weight excluding hydrogens is 467 g/mol. The molecule has 0 aliphatic heterocycles. The number of nitrogens with one attached hydrogen (secondary N) is 1. The highest BCUT2D eigenvalue weighted by molar-refractivity contribution is 9.10. The quantitative estimate of drug-likeness (QED) is 0.612. The van der Waals surface area contributed by atoms with E-state index in [-0.39, 0.29) is 40.9 Å². The van der Waals surface area contributed by atoms with Crippen LogP contribution in [0.2, 0.25) is 0 Å². The van der Waals surface area contributed by atoms with Gasteiger partial charge in [0, 0.05) is 42.0 Å². The summed E-state index contributed by atoms with van der Waals surface area (Å²) < 4.78 is 41.6. The molecule has 0 aromatic carbocycles. The first kappa shape index (κ1) is 22.2. The minimum atomic E-state index is -4.46. The maximum Gasteiger partial charge on any atom is 0.422 e. The van der Waals surface area contributed by atoms with Crippen molar-refractivity contribution in [1.82, 2.24) is 15.3 Å². The van der Waals surface area contributed by atoms with Crippen LogP contribution in [0, 0.1) is 12.8 Å². The Bertz CT molecular complexity index is 962. The first-order valence-electron chi connectivity index (χ1n) is 9.23. The number of ketones is 1. The van der Waals surface area contributed by atoms with E-state index in [9.17, 15) is 22.8 Å². The Labute approximate surface area is 179 Å². The molecule has 160 valence electrons. The zero-order valence-electron chi connectivity index (χ0n) is 16.1. The van der Waals surface area contributed by atoms with Crippen LogP contribution in [-0.4, -0.2) is 34.4 Å². The van der Waals surface area contributed by atoms with Gasteiger partial charge >= 0.3 is 6.18 Å². The SMILES string of the molecule is Cc1cc(C(=O)NCc2cnc(OCC(F)(F)F)c(Br)c2)cc(CC(=O)C2CC2)n1. The Morgan fingerprint density at radius 3 is 2.63 bits per heavy atom. The van der Waals surface area contributed by atoms with Crippen molar-refractivity contribution in [2.24, 2.45) is 5.92 Å². The van der Waals surface area contributed by atoms with Crippen LogP contribution in [0.3, 0.4) is 0 Å². The van der Waals surface area contributed by atoms with Gasteiger partial charge in [0.1, 0.15) is 5.78 Å². The highest BCUT2D eigenvalue weighted by Gasteiger charge is 2.30. The molecule has 0 unspecified atom stereocenters. The molecule has 0 bridgehead atoms. The van der Waals surface area contributed by atoms with Gasteiger partial charge in [0.05, 0.1) is 4.47 Å². The van der Waals surface area contributed by atoms with E-state index in [0.29, 0.717) is 22.5 Å². The van der Waals surface area contributed by atoms with Gasteiger partial charge in [0.2, 0.25) is 5.88 Å². The third kappa shape index (κ3) is 6.51. The van der Waals surface area contributed by atoms with Gasteiger partial charge in [0.25, 0.3) is 5.91 Å². The number of aromatic nitrogens is 2. The topological polar surface area (TPSA) is 81.2 Å². The highest BCUT2D eigenvalue weighted by atomic mass is 79.9. The van der Waals surface area contributed by atoms with Gasteiger partial charge in [0.15, 0.2) is 6.61 Å². The minimum absolute atomic E-state index is 0.113. The summed E-state index contributed by atoms with van der Waals surface area (Å²) in [6.45, 7) is 0.423. The maximum absolute atomic E-state index is 12.5. The molecule has 10 heteroatoms. The fourth-order valence-electron chi connectivity index (χ4n) is 2.79. The molecule has 0 spiro atoms. The number of alkyl halides is 3. The number of halogens is 4. The van der Waals surface area contributed by atoms with Crippen molar-refractivity contribution in [3.05, 3.63) is 51.4 Å². The first-order valence-corrected chi connectivity index (χ1v) is 10.0. The van der Waals surface area contributed by atoms with Crippen molar-refractivity contribution in [2.45, 2.75) is 38.9 Å². The van der Waals surface area contributed by atoms with E-state index in [1.54, 1.807) is 19.1 Å². The molecule has 6 nitrogen and oxygen atoms in total. The molecule has 2 aromatic rings. The Hall–Kier alpha value is -2.49. The summed E-state index contributed by atoms with van der Waals surface area (Å²) in [5.74, 6) is -0.270. The standard InChI is InChI=1S/C20H19BrF3N3O3/c1-11-4-14(6-15(27-11)7-17(28)13-2-3-13)18(29)25-8-12-5-16(21)19(26-9-12)30-10-20(22,23)24/h4-6,9,13H,2-3,7-8,10H2,1H3,(H,25,29). The summed E-state index contributed by atoms with van der Waals surface area (Å²) >= 11 is 3.12. The molecule has 0 atom stereocenters. The summed E-state index contributed by atoms with van der Waals surface area (Å²) in [5.41, 5.74) is 2.16. The van der Waals surface area contributed by atoms with Crippen molar-refractivity contribution in [3.8, 4) is 5.88 Å². The van der Waals surface area contributed by atoms with Crippen LogP contribution >= 0.6 is 15.9 Å². The summed E-state index contributed by atoms with van der Waals surface area (Å²) in [7, 11) is 0. The van der Waals surface area contributed by atoms with Crippen molar-refractivity contribution in [2.75, 3.05) is 6.61 Å². The number of carbonyl (C=O) groups excluding carboxylic acids is 2. The molecule has 1 fully saturated rings. The van der Waals surface area contributed by atoms with E-state index in [2.05, 4.69) is 36.0 Å². The molecule has 1 N–H and O–H groups in total. The van der Waals surface area contributed by atoms with Crippen LogP contribution in [0.5, 0.6) is 5.88 Å². The van der Waals surface area contributed by atoms with Crippen molar-refractivity contribution in [3.63, 3.8) is 0 Å². The molecule has 1 aliphatic rings. The molecule has 0 radical (unpaired) electrons. The third-order valence-electron chi connectivity index (χ3n) is 4.35. The number of carbonyl (C=O) groups is 2.